The average molecular weight is 296 g/mol. The van der Waals surface area contributed by atoms with Gasteiger partial charge in [0, 0.05) is 5.69 Å². The van der Waals surface area contributed by atoms with E-state index < -0.39 is 0 Å². The van der Waals surface area contributed by atoms with Gasteiger partial charge in [-0.25, -0.2) is 4.99 Å². The van der Waals surface area contributed by atoms with E-state index in [1.54, 1.807) is 25.5 Å². The summed E-state index contributed by atoms with van der Waals surface area (Å²) in [6.07, 6.45) is 5.79. The number of nitrogens with one attached hydrogen (secondary N) is 1. The van der Waals surface area contributed by atoms with Crippen molar-refractivity contribution in [2.45, 2.75) is 18.9 Å². The first-order chi connectivity index (χ1) is 9.69. The molecule has 2 rings (SSSR count). The van der Waals surface area contributed by atoms with Crippen molar-refractivity contribution in [3.8, 4) is 5.75 Å². The van der Waals surface area contributed by atoms with Gasteiger partial charge in [-0.15, -0.1) is 0 Å². The summed E-state index contributed by atoms with van der Waals surface area (Å²) in [7, 11) is 1.57. The topological polar surface area (TPSA) is 68.9 Å². The lowest BCUT2D eigenvalue weighted by molar-refractivity contribution is 0.131. The Morgan fingerprint density at radius 1 is 1.60 bits per heavy atom. The first-order valence-corrected chi connectivity index (χ1v) is 6.78. The van der Waals surface area contributed by atoms with Crippen molar-refractivity contribution >= 4 is 23.2 Å². The Labute approximate surface area is 123 Å². The zero-order valence-electron chi connectivity index (χ0n) is 11.3. The van der Waals surface area contributed by atoms with E-state index in [0.717, 1.165) is 18.5 Å². The van der Waals surface area contributed by atoms with E-state index in [2.05, 4.69) is 10.3 Å². The van der Waals surface area contributed by atoms with Crippen molar-refractivity contribution in [3.05, 3.63) is 35.6 Å². The molecule has 1 aromatic rings. The first-order valence-electron chi connectivity index (χ1n) is 6.40. The number of nitrogens with two attached hydrogens (primary N) is 1. The summed E-state index contributed by atoms with van der Waals surface area (Å²) in [4.78, 5) is 4.27. The number of methoxy groups -OCH3 is 1. The van der Waals surface area contributed by atoms with Crippen molar-refractivity contribution < 1.29 is 9.47 Å². The maximum atomic E-state index is 6.04. The quantitative estimate of drug-likeness (QED) is 0.662. The zero-order valence-corrected chi connectivity index (χ0v) is 12.1. The van der Waals surface area contributed by atoms with Crippen LogP contribution in [0.1, 0.15) is 12.8 Å². The second-order valence-corrected chi connectivity index (χ2v) is 4.81. The van der Waals surface area contributed by atoms with Crippen LogP contribution in [0.15, 0.2) is 35.5 Å². The molecule has 0 saturated heterocycles. The molecule has 108 valence electrons. The Hall–Kier alpha value is -1.88. The maximum absolute atomic E-state index is 6.04. The van der Waals surface area contributed by atoms with E-state index in [1.807, 2.05) is 12.1 Å². The normalized spacial score (nSPS) is 18.5. The molecule has 1 aliphatic rings. The Bertz CT molecular complexity index is 517. The summed E-state index contributed by atoms with van der Waals surface area (Å²) in [6, 6.07) is 5.34. The highest BCUT2D eigenvalue weighted by atomic mass is 35.5. The van der Waals surface area contributed by atoms with Crippen molar-refractivity contribution in [2.75, 3.05) is 19.0 Å². The monoisotopic (exact) mass is 295 g/mol. The molecule has 20 heavy (non-hydrogen) atoms. The molecule has 1 heterocycles. The van der Waals surface area contributed by atoms with Gasteiger partial charge in [0.1, 0.15) is 11.9 Å². The molecule has 0 aromatic heterocycles. The highest BCUT2D eigenvalue weighted by Gasteiger charge is 2.10. The Balaban J connectivity index is 1.91. The van der Waals surface area contributed by atoms with Gasteiger partial charge < -0.3 is 20.5 Å². The van der Waals surface area contributed by atoms with Crippen molar-refractivity contribution in [1.29, 1.82) is 0 Å². The molecule has 0 fully saturated rings. The molecule has 5 nitrogen and oxygen atoms in total. The van der Waals surface area contributed by atoms with Crippen LogP contribution in [0.5, 0.6) is 5.75 Å². The van der Waals surface area contributed by atoms with Crippen LogP contribution in [0.25, 0.3) is 0 Å². The molecule has 0 saturated carbocycles. The van der Waals surface area contributed by atoms with Gasteiger partial charge in [0.2, 0.25) is 0 Å². The van der Waals surface area contributed by atoms with Gasteiger partial charge in [0.25, 0.3) is 0 Å². The van der Waals surface area contributed by atoms with Gasteiger partial charge in [0.05, 0.1) is 24.9 Å². The van der Waals surface area contributed by atoms with E-state index in [4.69, 9.17) is 26.8 Å². The van der Waals surface area contributed by atoms with Crippen LogP contribution in [0.4, 0.5) is 5.69 Å². The molecule has 3 N–H and O–H groups in total. The highest BCUT2D eigenvalue weighted by Crippen LogP contribution is 2.27. The Morgan fingerprint density at radius 2 is 2.45 bits per heavy atom. The van der Waals surface area contributed by atoms with E-state index in [-0.39, 0.29) is 6.10 Å². The van der Waals surface area contributed by atoms with Gasteiger partial charge in [-0.2, -0.15) is 0 Å². The van der Waals surface area contributed by atoms with Crippen LogP contribution in [0.3, 0.4) is 0 Å². The highest BCUT2D eigenvalue weighted by molar-refractivity contribution is 6.32. The molecule has 1 atom stereocenters. The standard InChI is InChI=1S/C14H18ClN3O2/c1-19-13-6-5-10(8-12(13)15)18-14(16)17-9-11-4-2-3-7-20-11/h3,5-8,11H,2,4,9H2,1H3,(H3,16,17,18). The van der Waals surface area contributed by atoms with Crippen LogP contribution in [-0.2, 0) is 4.74 Å². The number of rotatable bonds is 4. The number of hydrogen-bond donors (Lipinski definition) is 2. The lowest BCUT2D eigenvalue weighted by atomic mass is 10.2. The number of benzene rings is 1. The van der Waals surface area contributed by atoms with Gasteiger partial charge in [-0.1, -0.05) is 11.6 Å². The van der Waals surface area contributed by atoms with Crippen LogP contribution in [-0.4, -0.2) is 25.7 Å². The lowest BCUT2D eigenvalue weighted by Crippen LogP contribution is -2.25. The minimum atomic E-state index is 0.0970. The number of allylic oxidation sites excluding steroid dienone is 1. The van der Waals surface area contributed by atoms with E-state index in [1.165, 1.54) is 0 Å². The molecule has 0 radical (unpaired) electrons. The van der Waals surface area contributed by atoms with Crippen LogP contribution >= 0.6 is 11.6 Å². The Kier molecular flexibility index (Phi) is 5.12. The fraction of sp³-hybridized carbons (Fsp3) is 0.357. The number of anilines is 1. The molecule has 0 amide bonds. The molecular weight excluding hydrogens is 278 g/mol. The second kappa shape index (κ2) is 7.05. The van der Waals surface area contributed by atoms with Crippen LogP contribution < -0.4 is 15.8 Å². The summed E-state index contributed by atoms with van der Waals surface area (Å²) in [5.74, 6) is 0.958. The third kappa shape index (κ3) is 4.06. The molecule has 1 aromatic carbocycles. The predicted molar refractivity (Wildman–Crippen MR) is 81.4 cm³/mol. The second-order valence-electron chi connectivity index (χ2n) is 4.41. The number of halogens is 1. The smallest absolute Gasteiger partial charge is 0.193 e. The van der Waals surface area contributed by atoms with Gasteiger partial charge in [0.15, 0.2) is 5.96 Å². The summed E-state index contributed by atoms with van der Waals surface area (Å²) >= 11 is 6.04. The molecule has 0 bridgehead atoms. The SMILES string of the molecule is COc1ccc(NC(N)=NCC2CCC=CO2)cc1Cl. The summed E-state index contributed by atoms with van der Waals surface area (Å²) in [5, 5.41) is 3.51. The third-order valence-electron chi connectivity index (χ3n) is 2.91. The number of ether oxygens (including phenoxy) is 2. The molecule has 1 unspecified atom stereocenters. The minimum absolute atomic E-state index is 0.0970. The number of nitrogens with zero attached hydrogens (tertiary/aromatic N) is 1. The lowest BCUT2D eigenvalue weighted by Gasteiger charge is -2.17. The van der Waals surface area contributed by atoms with E-state index in [9.17, 15) is 0 Å². The summed E-state index contributed by atoms with van der Waals surface area (Å²) in [6.45, 7) is 0.535. The number of guanidine groups is 1. The van der Waals surface area contributed by atoms with Gasteiger partial charge in [-0.05, 0) is 37.1 Å². The molecule has 6 heteroatoms. The molecular formula is C14H18ClN3O2. The van der Waals surface area contributed by atoms with E-state index >= 15 is 0 Å². The minimum Gasteiger partial charge on any atom is -0.496 e. The molecule has 1 aliphatic heterocycles. The third-order valence-corrected chi connectivity index (χ3v) is 3.21. The fourth-order valence-corrected chi connectivity index (χ4v) is 2.11. The summed E-state index contributed by atoms with van der Waals surface area (Å²) < 4.78 is 10.5. The van der Waals surface area contributed by atoms with Crippen molar-refractivity contribution in [3.63, 3.8) is 0 Å². The predicted octanol–water partition coefficient (Wildman–Crippen LogP) is 2.77. The average Bonchev–Trinajstić information content (AvgIpc) is 2.46. The van der Waals surface area contributed by atoms with Gasteiger partial charge >= 0.3 is 0 Å². The van der Waals surface area contributed by atoms with Crippen molar-refractivity contribution in [2.24, 2.45) is 10.7 Å². The molecule has 0 aliphatic carbocycles. The summed E-state index contributed by atoms with van der Waals surface area (Å²) in [5.41, 5.74) is 6.60. The number of hydrogen-bond acceptors (Lipinski definition) is 3. The Morgan fingerprint density at radius 3 is 3.10 bits per heavy atom. The largest absolute Gasteiger partial charge is 0.496 e. The van der Waals surface area contributed by atoms with Gasteiger partial charge in [-0.3, -0.25) is 0 Å². The molecule has 0 spiro atoms. The first kappa shape index (κ1) is 14.5. The van der Waals surface area contributed by atoms with Crippen LogP contribution in [0, 0.1) is 0 Å². The zero-order chi connectivity index (χ0) is 14.4. The number of aliphatic imine (C=N–C) groups is 1. The van der Waals surface area contributed by atoms with E-state index in [0.29, 0.717) is 23.3 Å². The van der Waals surface area contributed by atoms with Crippen LogP contribution in [0.2, 0.25) is 5.02 Å². The van der Waals surface area contributed by atoms with Crippen molar-refractivity contribution in [1.82, 2.24) is 0 Å². The fourth-order valence-electron chi connectivity index (χ4n) is 1.85. The maximum Gasteiger partial charge on any atom is 0.193 e.